The van der Waals surface area contributed by atoms with Crippen molar-refractivity contribution < 1.29 is 4.79 Å². The number of carbonyl (C=O) groups excluding carboxylic acids is 1. The van der Waals surface area contributed by atoms with Crippen molar-refractivity contribution >= 4 is 17.5 Å². The fraction of sp³-hybridized carbons (Fsp3) is 0.462. The van der Waals surface area contributed by atoms with Crippen LogP contribution in [0, 0.1) is 6.92 Å². The Morgan fingerprint density at radius 3 is 2.41 bits per heavy atom. The van der Waals surface area contributed by atoms with E-state index < -0.39 is 0 Å². The Hall–Kier alpha value is -1.06. The molecule has 0 bridgehead atoms. The summed E-state index contributed by atoms with van der Waals surface area (Å²) < 4.78 is 0. The highest BCUT2D eigenvalue weighted by atomic mass is 35.5. The van der Waals surface area contributed by atoms with E-state index in [-0.39, 0.29) is 5.91 Å². The predicted octanol–water partition coefficient (Wildman–Crippen LogP) is 2.04. The summed E-state index contributed by atoms with van der Waals surface area (Å²) in [7, 11) is 2.07. The van der Waals surface area contributed by atoms with Gasteiger partial charge in [0.1, 0.15) is 0 Å². The number of hydrogen-bond donors (Lipinski definition) is 0. The third-order valence-corrected chi connectivity index (χ3v) is 3.30. The van der Waals surface area contributed by atoms with Crippen LogP contribution in [0.4, 0.5) is 0 Å². The second-order valence-electron chi connectivity index (χ2n) is 4.61. The van der Waals surface area contributed by atoms with Crippen LogP contribution >= 0.6 is 11.6 Å². The molecule has 1 aliphatic heterocycles. The van der Waals surface area contributed by atoms with Crippen molar-refractivity contribution in [1.29, 1.82) is 0 Å². The molecule has 1 aliphatic rings. The van der Waals surface area contributed by atoms with Gasteiger partial charge in [0.05, 0.1) is 0 Å². The van der Waals surface area contributed by atoms with Crippen LogP contribution in [-0.2, 0) is 0 Å². The number of likely N-dealkylation sites (N-methyl/N-ethyl adjacent to an activating group) is 1. The highest BCUT2D eigenvalue weighted by molar-refractivity contribution is 6.31. The van der Waals surface area contributed by atoms with Crippen LogP contribution in [0.15, 0.2) is 18.2 Å². The molecule has 1 amide bonds. The summed E-state index contributed by atoms with van der Waals surface area (Å²) in [6.45, 7) is 5.41. The first-order valence-corrected chi connectivity index (χ1v) is 6.19. The van der Waals surface area contributed by atoms with E-state index in [0.717, 1.165) is 31.7 Å². The van der Waals surface area contributed by atoms with Gasteiger partial charge >= 0.3 is 0 Å². The summed E-state index contributed by atoms with van der Waals surface area (Å²) >= 11 is 5.98. The van der Waals surface area contributed by atoms with Gasteiger partial charge in [0.25, 0.3) is 5.91 Å². The Balaban J connectivity index is 2.14. The van der Waals surface area contributed by atoms with Gasteiger partial charge < -0.3 is 9.80 Å². The van der Waals surface area contributed by atoms with Gasteiger partial charge in [0, 0.05) is 36.8 Å². The first kappa shape index (κ1) is 12.4. The Kier molecular flexibility index (Phi) is 3.69. The predicted molar refractivity (Wildman–Crippen MR) is 69.6 cm³/mol. The Labute approximate surface area is 107 Å². The highest BCUT2D eigenvalue weighted by Gasteiger charge is 2.20. The number of piperazine rings is 1. The van der Waals surface area contributed by atoms with Crippen molar-refractivity contribution in [3.05, 3.63) is 34.3 Å². The van der Waals surface area contributed by atoms with Crippen LogP contribution in [0.2, 0.25) is 5.02 Å². The summed E-state index contributed by atoms with van der Waals surface area (Å²) in [6.07, 6.45) is 0. The van der Waals surface area contributed by atoms with Crippen LogP contribution < -0.4 is 0 Å². The summed E-state index contributed by atoms with van der Waals surface area (Å²) in [6, 6.07) is 5.50. The zero-order valence-electron chi connectivity index (χ0n) is 10.2. The summed E-state index contributed by atoms with van der Waals surface area (Å²) in [5, 5.41) is 0.627. The molecule has 17 heavy (non-hydrogen) atoms. The van der Waals surface area contributed by atoms with Gasteiger partial charge in [-0.2, -0.15) is 0 Å². The van der Waals surface area contributed by atoms with E-state index in [2.05, 4.69) is 11.9 Å². The summed E-state index contributed by atoms with van der Waals surface area (Å²) in [4.78, 5) is 16.4. The standard InChI is InChI=1S/C13H17ClN2O/c1-10-7-11(9-12(14)8-10)13(17)16-5-3-15(2)4-6-16/h7-9H,3-6H2,1-2H3. The molecule has 1 aromatic rings. The largest absolute Gasteiger partial charge is 0.336 e. The topological polar surface area (TPSA) is 23.6 Å². The van der Waals surface area contributed by atoms with Crippen LogP contribution in [0.1, 0.15) is 15.9 Å². The monoisotopic (exact) mass is 252 g/mol. The molecule has 0 saturated carbocycles. The van der Waals surface area contributed by atoms with Crippen molar-refractivity contribution in [2.45, 2.75) is 6.92 Å². The minimum atomic E-state index is 0.0868. The number of benzene rings is 1. The molecule has 0 spiro atoms. The quantitative estimate of drug-likeness (QED) is 0.764. The second-order valence-corrected chi connectivity index (χ2v) is 5.05. The Morgan fingerprint density at radius 2 is 1.82 bits per heavy atom. The van der Waals surface area contributed by atoms with E-state index in [9.17, 15) is 4.79 Å². The Bertz CT molecular complexity index is 405. The molecule has 92 valence electrons. The fourth-order valence-corrected chi connectivity index (χ4v) is 2.34. The Morgan fingerprint density at radius 1 is 1.18 bits per heavy atom. The van der Waals surface area contributed by atoms with Gasteiger partial charge in [0.15, 0.2) is 0 Å². The maximum atomic E-state index is 12.3. The van der Waals surface area contributed by atoms with E-state index in [1.54, 1.807) is 6.07 Å². The van der Waals surface area contributed by atoms with Crippen molar-refractivity contribution in [3.63, 3.8) is 0 Å². The molecule has 2 rings (SSSR count). The molecule has 1 aromatic carbocycles. The van der Waals surface area contributed by atoms with Gasteiger partial charge in [-0.05, 0) is 37.7 Å². The molecule has 0 N–H and O–H groups in total. The highest BCUT2D eigenvalue weighted by Crippen LogP contribution is 2.16. The van der Waals surface area contributed by atoms with Crippen molar-refractivity contribution in [2.75, 3.05) is 33.2 Å². The second kappa shape index (κ2) is 5.07. The van der Waals surface area contributed by atoms with E-state index in [4.69, 9.17) is 11.6 Å². The lowest BCUT2D eigenvalue weighted by Crippen LogP contribution is -2.47. The number of halogens is 1. The van der Waals surface area contributed by atoms with E-state index in [1.165, 1.54) is 0 Å². The molecule has 0 radical (unpaired) electrons. The number of amides is 1. The number of aryl methyl sites for hydroxylation is 1. The molecule has 0 atom stereocenters. The van der Waals surface area contributed by atoms with Crippen molar-refractivity contribution in [2.24, 2.45) is 0 Å². The third kappa shape index (κ3) is 2.99. The number of hydrogen-bond acceptors (Lipinski definition) is 2. The zero-order valence-corrected chi connectivity index (χ0v) is 11.0. The lowest BCUT2D eigenvalue weighted by molar-refractivity contribution is 0.0664. The molecule has 3 nitrogen and oxygen atoms in total. The minimum absolute atomic E-state index is 0.0868. The lowest BCUT2D eigenvalue weighted by atomic mass is 10.1. The average molecular weight is 253 g/mol. The minimum Gasteiger partial charge on any atom is -0.336 e. The van der Waals surface area contributed by atoms with Gasteiger partial charge in [-0.3, -0.25) is 4.79 Å². The molecule has 4 heteroatoms. The number of carbonyl (C=O) groups is 1. The SMILES string of the molecule is Cc1cc(Cl)cc(C(=O)N2CCN(C)CC2)c1. The number of rotatable bonds is 1. The number of nitrogens with zero attached hydrogens (tertiary/aromatic N) is 2. The summed E-state index contributed by atoms with van der Waals surface area (Å²) in [5.41, 5.74) is 1.72. The molecule has 0 aliphatic carbocycles. The lowest BCUT2D eigenvalue weighted by Gasteiger charge is -2.32. The normalized spacial score (nSPS) is 17.2. The molecule has 1 saturated heterocycles. The smallest absolute Gasteiger partial charge is 0.254 e. The molecule has 0 aromatic heterocycles. The maximum Gasteiger partial charge on any atom is 0.254 e. The molecule has 1 fully saturated rings. The van der Waals surface area contributed by atoms with E-state index in [0.29, 0.717) is 10.6 Å². The van der Waals surface area contributed by atoms with Crippen molar-refractivity contribution in [1.82, 2.24) is 9.80 Å². The van der Waals surface area contributed by atoms with Gasteiger partial charge in [0.2, 0.25) is 0 Å². The van der Waals surface area contributed by atoms with Crippen LogP contribution in [-0.4, -0.2) is 48.9 Å². The fourth-order valence-electron chi connectivity index (χ4n) is 2.05. The van der Waals surface area contributed by atoms with Crippen LogP contribution in [0.3, 0.4) is 0 Å². The zero-order chi connectivity index (χ0) is 12.4. The molecule has 0 unspecified atom stereocenters. The molecule has 1 heterocycles. The van der Waals surface area contributed by atoms with Crippen molar-refractivity contribution in [3.8, 4) is 0 Å². The van der Waals surface area contributed by atoms with E-state index >= 15 is 0 Å². The van der Waals surface area contributed by atoms with E-state index in [1.807, 2.05) is 24.0 Å². The first-order chi connectivity index (χ1) is 8.06. The van der Waals surface area contributed by atoms with Gasteiger partial charge in [-0.1, -0.05) is 11.6 Å². The van der Waals surface area contributed by atoms with Gasteiger partial charge in [-0.15, -0.1) is 0 Å². The summed E-state index contributed by atoms with van der Waals surface area (Å²) in [5.74, 6) is 0.0868. The van der Waals surface area contributed by atoms with Crippen LogP contribution in [0.25, 0.3) is 0 Å². The average Bonchev–Trinajstić information content (AvgIpc) is 2.28. The first-order valence-electron chi connectivity index (χ1n) is 5.81. The third-order valence-electron chi connectivity index (χ3n) is 3.08. The maximum absolute atomic E-state index is 12.3. The molecular weight excluding hydrogens is 236 g/mol. The molecular formula is C13H17ClN2O. The van der Waals surface area contributed by atoms with Gasteiger partial charge in [-0.25, -0.2) is 0 Å². The van der Waals surface area contributed by atoms with Crippen LogP contribution in [0.5, 0.6) is 0 Å².